The van der Waals surface area contributed by atoms with E-state index in [1.165, 1.54) is 0 Å². The third kappa shape index (κ3) is 4.97. The van der Waals surface area contributed by atoms with E-state index in [1.807, 2.05) is 31.5 Å². The van der Waals surface area contributed by atoms with Crippen molar-refractivity contribution in [3.05, 3.63) is 35.8 Å². The Bertz CT molecular complexity index is 683. The number of ether oxygens (including phenoxy) is 1. The fourth-order valence-electron chi connectivity index (χ4n) is 2.39. The average molecular weight is 331 g/mol. The van der Waals surface area contributed by atoms with E-state index >= 15 is 0 Å². The van der Waals surface area contributed by atoms with Crippen LogP contribution in [0.1, 0.15) is 25.2 Å². The number of nitrogens with one attached hydrogen (secondary N) is 2. The largest absolute Gasteiger partial charge is 0.476 e. The van der Waals surface area contributed by atoms with Crippen LogP contribution in [0, 0.1) is 19.8 Å². The lowest BCUT2D eigenvalue weighted by atomic mass is 10.2. The third-order valence-electron chi connectivity index (χ3n) is 3.50. The van der Waals surface area contributed by atoms with Crippen molar-refractivity contribution in [1.82, 2.24) is 20.1 Å². The molecule has 0 aliphatic rings. The lowest BCUT2D eigenvalue weighted by Crippen LogP contribution is -2.33. The molecule has 0 aliphatic carbocycles. The molecule has 2 heterocycles. The van der Waals surface area contributed by atoms with Crippen LogP contribution in [0.4, 0.5) is 10.5 Å². The summed E-state index contributed by atoms with van der Waals surface area (Å²) >= 11 is 0. The quantitative estimate of drug-likeness (QED) is 0.817. The van der Waals surface area contributed by atoms with Crippen LogP contribution in [0.15, 0.2) is 24.4 Å². The van der Waals surface area contributed by atoms with Crippen molar-refractivity contribution in [2.75, 3.05) is 18.5 Å². The number of carbonyl (C=O) groups is 1. The Labute approximate surface area is 142 Å². The van der Waals surface area contributed by atoms with Gasteiger partial charge in [-0.3, -0.25) is 4.68 Å². The van der Waals surface area contributed by atoms with Gasteiger partial charge in [0, 0.05) is 25.0 Å². The number of hydrogen-bond donors (Lipinski definition) is 2. The molecule has 0 aliphatic heterocycles. The summed E-state index contributed by atoms with van der Waals surface area (Å²) in [6.07, 6.45) is 1.63. The Balaban J connectivity index is 1.83. The molecule has 2 aromatic heterocycles. The highest BCUT2D eigenvalue weighted by Gasteiger charge is 2.11. The Morgan fingerprint density at radius 1 is 1.42 bits per heavy atom. The molecule has 24 heavy (non-hydrogen) atoms. The summed E-state index contributed by atoms with van der Waals surface area (Å²) in [5, 5.41) is 10.1. The lowest BCUT2D eigenvalue weighted by molar-refractivity contribution is 0.249. The van der Waals surface area contributed by atoms with Gasteiger partial charge in [0.05, 0.1) is 12.3 Å². The van der Waals surface area contributed by atoms with Gasteiger partial charge in [0.1, 0.15) is 5.69 Å². The Kier molecular flexibility index (Phi) is 6.17. The molecule has 2 amide bonds. The van der Waals surface area contributed by atoms with Crippen molar-refractivity contribution >= 4 is 11.7 Å². The fourth-order valence-corrected chi connectivity index (χ4v) is 2.39. The van der Waals surface area contributed by atoms with E-state index in [4.69, 9.17) is 4.74 Å². The van der Waals surface area contributed by atoms with Gasteiger partial charge in [-0.15, -0.1) is 0 Å². The van der Waals surface area contributed by atoms with Crippen LogP contribution in [0.5, 0.6) is 5.88 Å². The Morgan fingerprint density at radius 3 is 2.88 bits per heavy atom. The van der Waals surface area contributed by atoms with Crippen molar-refractivity contribution in [2.24, 2.45) is 5.92 Å². The van der Waals surface area contributed by atoms with E-state index in [-0.39, 0.29) is 11.9 Å². The number of anilines is 1. The molecule has 0 spiro atoms. The van der Waals surface area contributed by atoms with Crippen LogP contribution in [0.2, 0.25) is 0 Å². The van der Waals surface area contributed by atoms with Gasteiger partial charge in [-0.2, -0.15) is 5.10 Å². The molecule has 7 nitrogen and oxygen atoms in total. The van der Waals surface area contributed by atoms with Gasteiger partial charge in [-0.1, -0.05) is 6.92 Å². The topological polar surface area (TPSA) is 81.1 Å². The van der Waals surface area contributed by atoms with E-state index in [9.17, 15) is 4.79 Å². The number of hydrogen-bond acceptors (Lipinski definition) is 4. The molecular weight excluding hydrogens is 306 g/mol. The maximum absolute atomic E-state index is 12.1. The number of pyridine rings is 1. The summed E-state index contributed by atoms with van der Waals surface area (Å²) in [7, 11) is 0. The van der Waals surface area contributed by atoms with Crippen molar-refractivity contribution < 1.29 is 9.53 Å². The second-order valence-electron chi connectivity index (χ2n) is 5.84. The van der Waals surface area contributed by atoms with Crippen LogP contribution in [-0.2, 0) is 6.54 Å². The van der Waals surface area contributed by atoms with Crippen molar-refractivity contribution in [1.29, 1.82) is 0 Å². The summed E-state index contributed by atoms with van der Waals surface area (Å²) in [6, 6.07) is 5.29. The Morgan fingerprint density at radius 2 is 2.21 bits per heavy atom. The fraction of sp³-hybridized carbons (Fsp3) is 0.471. The van der Waals surface area contributed by atoms with Crippen LogP contribution in [0.25, 0.3) is 0 Å². The predicted molar refractivity (Wildman–Crippen MR) is 93.3 cm³/mol. The van der Waals surface area contributed by atoms with Gasteiger partial charge in [-0.05, 0) is 44.9 Å². The second kappa shape index (κ2) is 8.33. The molecule has 1 atom stereocenters. The molecule has 0 unspecified atom stereocenters. The summed E-state index contributed by atoms with van der Waals surface area (Å²) < 4.78 is 7.36. The van der Waals surface area contributed by atoms with E-state index < -0.39 is 0 Å². The SMILES string of the molecule is CCOc1ncccc1NC(=O)NC[C@@H](C)Cn1nc(C)cc1C. The molecule has 0 aromatic carbocycles. The molecule has 0 radical (unpaired) electrons. The molecule has 0 bridgehead atoms. The normalized spacial score (nSPS) is 11.8. The van der Waals surface area contributed by atoms with Crippen molar-refractivity contribution in [3.63, 3.8) is 0 Å². The molecule has 0 saturated carbocycles. The van der Waals surface area contributed by atoms with Crippen LogP contribution >= 0.6 is 0 Å². The minimum Gasteiger partial charge on any atom is -0.476 e. The Hall–Kier alpha value is -2.57. The van der Waals surface area contributed by atoms with Gasteiger partial charge < -0.3 is 15.4 Å². The minimum absolute atomic E-state index is 0.258. The van der Waals surface area contributed by atoms with Gasteiger partial charge in [0.2, 0.25) is 5.88 Å². The van der Waals surface area contributed by atoms with Crippen LogP contribution in [-0.4, -0.2) is 33.9 Å². The van der Waals surface area contributed by atoms with Gasteiger partial charge in [0.25, 0.3) is 0 Å². The number of rotatable bonds is 7. The molecule has 130 valence electrons. The molecule has 7 heteroatoms. The van der Waals surface area contributed by atoms with Gasteiger partial charge in [-0.25, -0.2) is 9.78 Å². The van der Waals surface area contributed by atoms with E-state index in [2.05, 4.69) is 27.6 Å². The molecule has 0 fully saturated rings. The van der Waals surface area contributed by atoms with Crippen LogP contribution in [0.3, 0.4) is 0 Å². The zero-order valence-electron chi connectivity index (χ0n) is 14.7. The first kappa shape index (κ1) is 17.8. The first-order valence-corrected chi connectivity index (χ1v) is 8.13. The van der Waals surface area contributed by atoms with E-state index in [0.29, 0.717) is 24.7 Å². The van der Waals surface area contributed by atoms with Crippen molar-refractivity contribution in [2.45, 2.75) is 34.2 Å². The maximum Gasteiger partial charge on any atom is 0.319 e. The second-order valence-corrected chi connectivity index (χ2v) is 5.84. The lowest BCUT2D eigenvalue weighted by Gasteiger charge is -2.15. The zero-order chi connectivity index (χ0) is 17.5. The molecule has 2 rings (SSSR count). The molecule has 2 aromatic rings. The van der Waals surface area contributed by atoms with E-state index in [1.54, 1.807) is 18.3 Å². The van der Waals surface area contributed by atoms with Crippen molar-refractivity contribution in [3.8, 4) is 5.88 Å². The average Bonchev–Trinajstić information content (AvgIpc) is 2.85. The van der Waals surface area contributed by atoms with Gasteiger partial charge >= 0.3 is 6.03 Å². The smallest absolute Gasteiger partial charge is 0.319 e. The van der Waals surface area contributed by atoms with E-state index in [0.717, 1.165) is 17.9 Å². The summed E-state index contributed by atoms with van der Waals surface area (Å²) in [4.78, 5) is 16.2. The number of aryl methyl sites for hydroxylation is 2. The molecule has 2 N–H and O–H groups in total. The maximum atomic E-state index is 12.1. The molecule has 0 saturated heterocycles. The highest BCUT2D eigenvalue weighted by Crippen LogP contribution is 2.20. The zero-order valence-corrected chi connectivity index (χ0v) is 14.7. The number of nitrogens with zero attached hydrogens (tertiary/aromatic N) is 3. The molecular formula is C17H25N5O2. The predicted octanol–water partition coefficient (Wildman–Crippen LogP) is 2.75. The number of amides is 2. The van der Waals surface area contributed by atoms with Gasteiger partial charge in [0.15, 0.2) is 0 Å². The summed E-state index contributed by atoms with van der Waals surface area (Å²) in [5.41, 5.74) is 2.69. The highest BCUT2D eigenvalue weighted by atomic mass is 16.5. The summed E-state index contributed by atoms with van der Waals surface area (Å²) in [5.74, 6) is 0.680. The number of aromatic nitrogens is 3. The first-order valence-electron chi connectivity index (χ1n) is 8.13. The van der Waals surface area contributed by atoms with Crippen LogP contribution < -0.4 is 15.4 Å². The third-order valence-corrected chi connectivity index (χ3v) is 3.50. The summed E-state index contributed by atoms with van der Waals surface area (Å²) in [6.45, 7) is 9.76. The number of carbonyl (C=O) groups excluding carboxylic acids is 1. The number of urea groups is 1. The monoisotopic (exact) mass is 331 g/mol. The first-order chi connectivity index (χ1) is 11.5. The highest BCUT2D eigenvalue weighted by molar-refractivity contribution is 5.90. The standard InChI is InChI=1S/C17H25N5O2/c1-5-24-16-15(7-6-8-18-16)20-17(23)19-10-12(2)11-22-14(4)9-13(3)21-22/h6-9,12H,5,10-11H2,1-4H3,(H2,19,20,23)/t12-/m1/s1. The minimum atomic E-state index is -0.274.